The van der Waals surface area contributed by atoms with E-state index in [4.69, 9.17) is 4.42 Å². The van der Waals surface area contributed by atoms with Crippen LogP contribution in [0.25, 0.3) is 11.3 Å². The molecule has 24 heavy (non-hydrogen) atoms. The first-order valence-corrected chi connectivity index (χ1v) is 8.86. The highest BCUT2D eigenvalue weighted by Gasteiger charge is 2.29. The number of nitrogens with one attached hydrogen (secondary N) is 1. The van der Waals surface area contributed by atoms with Crippen molar-refractivity contribution in [3.63, 3.8) is 0 Å². The van der Waals surface area contributed by atoms with Crippen molar-refractivity contribution in [2.24, 2.45) is 0 Å². The third-order valence-corrected chi connectivity index (χ3v) is 5.37. The topological polar surface area (TPSA) is 55.1 Å². The lowest BCUT2D eigenvalue weighted by atomic mass is 9.97. The minimum atomic E-state index is -0.167. The quantitative estimate of drug-likeness (QED) is 0.784. The zero-order valence-electron chi connectivity index (χ0n) is 13.7. The summed E-state index contributed by atoms with van der Waals surface area (Å²) in [5.41, 5.74) is 3.98. The number of carbonyl (C=O) groups is 1. The van der Waals surface area contributed by atoms with Crippen LogP contribution in [-0.4, -0.2) is 10.9 Å². The highest BCUT2D eigenvalue weighted by molar-refractivity contribution is 7.12. The van der Waals surface area contributed by atoms with Gasteiger partial charge < -0.3 is 9.73 Å². The molecule has 2 aromatic heterocycles. The van der Waals surface area contributed by atoms with Gasteiger partial charge in [0.15, 0.2) is 5.76 Å². The molecule has 0 atom stereocenters. The van der Waals surface area contributed by atoms with Gasteiger partial charge in [-0.1, -0.05) is 30.3 Å². The lowest BCUT2D eigenvalue weighted by Gasteiger charge is -2.09. The van der Waals surface area contributed by atoms with E-state index in [-0.39, 0.29) is 5.91 Å². The molecule has 1 aromatic carbocycles. The average Bonchev–Trinajstić information content (AvgIpc) is 3.13. The number of hydrogen-bond donors (Lipinski definition) is 1. The van der Waals surface area contributed by atoms with Crippen molar-refractivity contribution in [3.8, 4) is 11.3 Å². The van der Waals surface area contributed by atoms with Gasteiger partial charge in [-0.15, -0.1) is 11.3 Å². The Morgan fingerprint density at radius 1 is 1.25 bits per heavy atom. The van der Waals surface area contributed by atoms with E-state index in [2.05, 4.69) is 10.3 Å². The minimum absolute atomic E-state index is 0.167. The Hall–Kier alpha value is -2.40. The summed E-state index contributed by atoms with van der Waals surface area (Å²) in [6.07, 6.45) is 1.77. The van der Waals surface area contributed by atoms with E-state index in [1.54, 1.807) is 11.3 Å². The number of carbonyl (C=O) groups excluding carboxylic acids is 1. The van der Waals surface area contributed by atoms with Crippen LogP contribution in [0.3, 0.4) is 0 Å². The molecule has 5 heteroatoms. The van der Waals surface area contributed by atoms with Gasteiger partial charge in [-0.05, 0) is 25.8 Å². The molecule has 3 aromatic rings. The summed E-state index contributed by atoms with van der Waals surface area (Å²) in [4.78, 5) is 18.5. The van der Waals surface area contributed by atoms with Crippen molar-refractivity contribution >= 4 is 17.2 Å². The fourth-order valence-electron chi connectivity index (χ4n) is 3.20. The van der Waals surface area contributed by atoms with E-state index in [9.17, 15) is 4.79 Å². The van der Waals surface area contributed by atoms with E-state index in [0.717, 1.165) is 46.0 Å². The van der Waals surface area contributed by atoms with Crippen molar-refractivity contribution in [3.05, 3.63) is 62.9 Å². The minimum Gasteiger partial charge on any atom is -0.455 e. The van der Waals surface area contributed by atoms with E-state index in [1.165, 1.54) is 4.88 Å². The van der Waals surface area contributed by atoms with E-state index < -0.39 is 0 Å². The Morgan fingerprint density at radius 3 is 2.83 bits per heavy atom. The SMILES string of the molecule is Cc1nc2c(s1)CCc1oc(C(=O)NCc3ccccc3)c(C)c1-2. The van der Waals surface area contributed by atoms with Crippen LogP contribution in [-0.2, 0) is 19.4 Å². The zero-order chi connectivity index (χ0) is 16.7. The lowest BCUT2D eigenvalue weighted by Crippen LogP contribution is -2.22. The van der Waals surface area contributed by atoms with Crippen molar-refractivity contribution < 1.29 is 9.21 Å². The third-order valence-electron chi connectivity index (χ3n) is 4.34. The first-order chi connectivity index (χ1) is 11.6. The molecule has 0 aliphatic heterocycles. The number of rotatable bonds is 3. The van der Waals surface area contributed by atoms with Crippen molar-refractivity contribution in [2.45, 2.75) is 33.2 Å². The summed E-state index contributed by atoms with van der Waals surface area (Å²) < 4.78 is 5.91. The summed E-state index contributed by atoms with van der Waals surface area (Å²) in [5.74, 6) is 1.13. The molecule has 0 saturated carbocycles. The molecule has 1 aliphatic carbocycles. The largest absolute Gasteiger partial charge is 0.455 e. The molecule has 0 unspecified atom stereocenters. The second kappa shape index (κ2) is 5.91. The molecule has 4 rings (SSSR count). The van der Waals surface area contributed by atoms with Crippen LogP contribution in [0.5, 0.6) is 0 Å². The normalized spacial score (nSPS) is 12.6. The molecule has 0 radical (unpaired) electrons. The van der Waals surface area contributed by atoms with Crippen LogP contribution >= 0.6 is 11.3 Å². The predicted octanol–water partition coefficient (Wildman–Crippen LogP) is 4.05. The standard InChI is InChI=1S/C19H18N2O2S/c1-11-16-14(8-9-15-17(16)21-12(2)24-15)23-18(11)19(22)20-10-13-6-4-3-5-7-13/h3-7H,8-10H2,1-2H3,(H,20,22). The molecule has 0 bridgehead atoms. The second-order valence-corrected chi connectivity index (χ2v) is 7.32. The van der Waals surface area contributed by atoms with Gasteiger partial charge in [-0.25, -0.2) is 4.98 Å². The molecular weight excluding hydrogens is 320 g/mol. The van der Waals surface area contributed by atoms with E-state index in [0.29, 0.717) is 12.3 Å². The second-order valence-electron chi connectivity index (χ2n) is 6.03. The number of aromatic nitrogens is 1. The highest BCUT2D eigenvalue weighted by atomic mass is 32.1. The maximum atomic E-state index is 12.6. The fourth-order valence-corrected chi connectivity index (χ4v) is 4.14. The molecule has 4 nitrogen and oxygen atoms in total. The Morgan fingerprint density at radius 2 is 2.04 bits per heavy atom. The summed E-state index contributed by atoms with van der Waals surface area (Å²) in [7, 11) is 0. The molecule has 122 valence electrons. The van der Waals surface area contributed by atoms with Crippen LogP contribution < -0.4 is 5.32 Å². The Balaban J connectivity index is 1.61. The Kier molecular flexibility index (Phi) is 3.73. The smallest absolute Gasteiger partial charge is 0.287 e. The van der Waals surface area contributed by atoms with Gasteiger partial charge in [-0.3, -0.25) is 4.79 Å². The number of hydrogen-bond acceptors (Lipinski definition) is 4. The summed E-state index contributed by atoms with van der Waals surface area (Å²) >= 11 is 1.73. The van der Waals surface area contributed by atoms with Gasteiger partial charge in [0.2, 0.25) is 0 Å². The molecule has 1 aliphatic rings. The number of amides is 1. The highest BCUT2D eigenvalue weighted by Crippen LogP contribution is 2.40. The Labute approximate surface area is 144 Å². The molecule has 1 N–H and O–H groups in total. The zero-order valence-corrected chi connectivity index (χ0v) is 14.5. The molecule has 0 fully saturated rings. The Bertz CT molecular complexity index is 909. The summed E-state index contributed by atoms with van der Waals surface area (Å²) in [6.45, 7) is 4.46. The van der Waals surface area contributed by atoms with Crippen LogP contribution in [0.15, 0.2) is 34.7 Å². The number of fused-ring (bicyclic) bond motifs is 3. The first kappa shape index (κ1) is 15.1. The lowest BCUT2D eigenvalue weighted by molar-refractivity contribution is 0.0920. The maximum Gasteiger partial charge on any atom is 0.287 e. The molecular formula is C19H18N2O2S. The first-order valence-electron chi connectivity index (χ1n) is 8.04. The van der Waals surface area contributed by atoms with Gasteiger partial charge in [-0.2, -0.15) is 0 Å². The van der Waals surface area contributed by atoms with Crippen molar-refractivity contribution in [2.75, 3.05) is 0 Å². The fraction of sp³-hybridized carbons (Fsp3) is 0.263. The number of thiazole rings is 1. The van der Waals surface area contributed by atoms with Crippen molar-refractivity contribution in [1.82, 2.24) is 10.3 Å². The number of aryl methyl sites for hydroxylation is 3. The van der Waals surface area contributed by atoms with Crippen molar-refractivity contribution in [1.29, 1.82) is 0 Å². The number of furan rings is 1. The maximum absolute atomic E-state index is 12.6. The van der Waals surface area contributed by atoms with E-state index >= 15 is 0 Å². The van der Waals surface area contributed by atoms with E-state index in [1.807, 2.05) is 44.2 Å². The van der Waals surface area contributed by atoms with Crippen LogP contribution in [0, 0.1) is 13.8 Å². The van der Waals surface area contributed by atoms with Gasteiger partial charge >= 0.3 is 0 Å². The monoisotopic (exact) mass is 338 g/mol. The molecule has 2 heterocycles. The molecule has 0 spiro atoms. The summed E-state index contributed by atoms with van der Waals surface area (Å²) in [6, 6.07) is 9.87. The summed E-state index contributed by atoms with van der Waals surface area (Å²) in [5, 5.41) is 4.00. The van der Waals surface area contributed by atoms with Gasteiger partial charge in [0.25, 0.3) is 5.91 Å². The van der Waals surface area contributed by atoms with Crippen LogP contribution in [0.2, 0.25) is 0 Å². The average molecular weight is 338 g/mol. The third kappa shape index (κ3) is 2.55. The van der Waals surface area contributed by atoms with Gasteiger partial charge in [0.05, 0.1) is 10.7 Å². The molecule has 0 saturated heterocycles. The number of nitrogens with zero attached hydrogens (tertiary/aromatic N) is 1. The van der Waals surface area contributed by atoms with Gasteiger partial charge in [0.1, 0.15) is 5.76 Å². The van der Waals surface area contributed by atoms with Crippen LogP contribution in [0.1, 0.15) is 37.3 Å². The molecule has 1 amide bonds. The van der Waals surface area contributed by atoms with Gasteiger partial charge in [0, 0.05) is 29.0 Å². The predicted molar refractivity (Wildman–Crippen MR) is 94.3 cm³/mol. The van der Waals surface area contributed by atoms with Crippen LogP contribution in [0.4, 0.5) is 0 Å². The number of benzene rings is 1.